The molecule has 0 radical (unpaired) electrons. The summed E-state index contributed by atoms with van der Waals surface area (Å²) < 4.78 is 1.48. The molecule has 3 aliphatic rings. The Bertz CT molecular complexity index is 1120. The first-order valence-corrected chi connectivity index (χ1v) is 8.88. The van der Waals surface area contributed by atoms with E-state index in [1.54, 1.807) is 12.3 Å². The summed E-state index contributed by atoms with van der Waals surface area (Å²) >= 11 is 0. The topological polar surface area (TPSA) is 118 Å². The molecule has 3 aromatic rings. The molecule has 6 rings (SSSR count). The number of carbonyl (C=O) groups is 1. The molecule has 2 bridgehead atoms. The zero-order chi connectivity index (χ0) is 19.4. The van der Waals surface area contributed by atoms with E-state index in [0.29, 0.717) is 29.7 Å². The number of carboxylic acid groups (broad SMARTS) is 1. The SMILES string of the molecule is N#Cc1cnn2cc(O)cc(-c3ccc(N4CC5CC(C4)N5C(=O)O)nc3)c12. The second-order valence-electron chi connectivity index (χ2n) is 7.12. The first-order chi connectivity index (χ1) is 13.5. The van der Waals surface area contributed by atoms with Crippen molar-refractivity contribution in [1.82, 2.24) is 19.5 Å². The monoisotopic (exact) mass is 376 g/mol. The van der Waals surface area contributed by atoms with Crippen LogP contribution in [0.3, 0.4) is 0 Å². The third-order valence-corrected chi connectivity index (χ3v) is 5.51. The summed E-state index contributed by atoms with van der Waals surface area (Å²) in [5.74, 6) is 0.831. The van der Waals surface area contributed by atoms with Crippen molar-refractivity contribution in [3.05, 3.63) is 42.4 Å². The summed E-state index contributed by atoms with van der Waals surface area (Å²) in [6.45, 7) is 1.26. The average molecular weight is 376 g/mol. The third kappa shape index (κ3) is 2.35. The summed E-state index contributed by atoms with van der Waals surface area (Å²) in [7, 11) is 0. The Hall–Kier alpha value is -3.80. The van der Waals surface area contributed by atoms with Gasteiger partial charge in [-0.25, -0.2) is 14.3 Å². The minimum Gasteiger partial charge on any atom is -0.506 e. The Balaban J connectivity index is 1.46. The number of aromatic nitrogens is 3. The van der Waals surface area contributed by atoms with Crippen LogP contribution in [0.2, 0.25) is 0 Å². The molecule has 28 heavy (non-hydrogen) atoms. The van der Waals surface area contributed by atoms with Crippen LogP contribution in [-0.4, -0.2) is 61.0 Å². The molecule has 0 aliphatic carbocycles. The lowest BCUT2D eigenvalue weighted by molar-refractivity contribution is 0.0112. The Kier molecular flexibility index (Phi) is 3.42. The largest absolute Gasteiger partial charge is 0.506 e. The van der Waals surface area contributed by atoms with Crippen molar-refractivity contribution in [3.63, 3.8) is 0 Å². The highest BCUT2D eigenvalue weighted by Crippen LogP contribution is 2.35. The molecule has 140 valence electrons. The number of aromatic hydroxyl groups is 1. The van der Waals surface area contributed by atoms with E-state index in [-0.39, 0.29) is 17.8 Å². The van der Waals surface area contributed by atoms with E-state index < -0.39 is 6.09 Å². The standard InChI is InChI=1S/C19H16N6O3/c20-5-12-7-22-24-10-15(26)4-16(18(12)24)11-1-2-17(21-6-11)23-8-13-3-14(9-23)25(13)19(27)28/h1-2,4,6-7,10,13-14,26H,3,8-9H2,(H,27,28). The molecule has 0 saturated carbocycles. The molecule has 9 heteroatoms. The highest BCUT2D eigenvalue weighted by atomic mass is 16.4. The van der Waals surface area contributed by atoms with Crippen LogP contribution >= 0.6 is 0 Å². The van der Waals surface area contributed by atoms with Crippen LogP contribution in [0.25, 0.3) is 16.6 Å². The van der Waals surface area contributed by atoms with Gasteiger partial charge in [0, 0.05) is 30.4 Å². The number of piperazine rings is 1. The van der Waals surface area contributed by atoms with E-state index in [1.165, 1.54) is 21.8 Å². The molecule has 6 heterocycles. The fourth-order valence-electron chi connectivity index (χ4n) is 4.25. The Morgan fingerprint density at radius 3 is 2.68 bits per heavy atom. The van der Waals surface area contributed by atoms with E-state index in [4.69, 9.17) is 0 Å². The van der Waals surface area contributed by atoms with Crippen molar-refractivity contribution in [1.29, 1.82) is 5.26 Å². The molecular weight excluding hydrogens is 360 g/mol. The summed E-state index contributed by atoms with van der Waals surface area (Å²) in [6, 6.07) is 7.53. The number of hydrogen-bond donors (Lipinski definition) is 2. The Morgan fingerprint density at radius 2 is 2.04 bits per heavy atom. The van der Waals surface area contributed by atoms with Gasteiger partial charge in [0.25, 0.3) is 0 Å². The molecule has 9 nitrogen and oxygen atoms in total. The first kappa shape index (κ1) is 16.4. The van der Waals surface area contributed by atoms with Crippen LogP contribution in [0, 0.1) is 11.3 Å². The summed E-state index contributed by atoms with van der Waals surface area (Å²) in [6.07, 6.45) is 4.67. The molecular formula is C19H16N6O3. The van der Waals surface area contributed by atoms with Gasteiger partial charge in [0.05, 0.1) is 35.6 Å². The molecule has 0 spiro atoms. The number of nitrogens with zero attached hydrogens (tertiary/aromatic N) is 6. The summed E-state index contributed by atoms with van der Waals surface area (Å²) in [5, 5.41) is 32.7. The number of amides is 1. The van der Waals surface area contributed by atoms with Gasteiger partial charge in [0.2, 0.25) is 0 Å². The lowest BCUT2D eigenvalue weighted by Gasteiger charge is -2.55. The molecule has 1 amide bonds. The molecule has 2 unspecified atom stereocenters. The van der Waals surface area contributed by atoms with Gasteiger partial charge in [0.15, 0.2) is 0 Å². The second kappa shape index (κ2) is 5.85. The van der Waals surface area contributed by atoms with Crippen LogP contribution in [0.1, 0.15) is 12.0 Å². The highest BCUT2D eigenvalue weighted by molar-refractivity contribution is 5.85. The number of fused-ring (bicyclic) bond motifs is 3. The number of rotatable bonds is 2. The number of hydrogen-bond acceptors (Lipinski definition) is 6. The smallest absolute Gasteiger partial charge is 0.407 e. The van der Waals surface area contributed by atoms with E-state index >= 15 is 0 Å². The van der Waals surface area contributed by atoms with E-state index in [1.807, 2.05) is 12.1 Å². The number of pyridine rings is 2. The molecule has 3 aromatic heterocycles. The first-order valence-electron chi connectivity index (χ1n) is 8.88. The van der Waals surface area contributed by atoms with Gasteiger partial charge in [-0.1, -0.05) is 0 Å². The van der Waals surface area contributed by atoms with Crippen molar-refractivity contribution in [3.8, 4) is 22.9 Å². The van der Waals surface area contributed by atoms with Crippen LogP contribution in [0.5, 0.6) is 5.75 Å². The van der Waals surface area contributed by atoms with Crippen molar-refractivity contribution in [2.45, 2.75) is 18.5 Å². The minimum absolute atomic E-state index is 0.0217. The number of nitriles is 1. The molecule has 3 aliphatic heterocycles. The zero-order valence-corrected chi connectivity index (χ0v) is 14.7. The van der Waals surface area contributed by atoms with E-state index in [0.717, 1.165) is 17.8 Å². The van der Waals surface area contributed by atoms with Crippen LogP contribution in [-0.2, 0) is 0 Å². The molecule has 2 N–H and O–H groups in total. The Morgan fingerprint density at radius 1 is 1.25 bits per heavy atom. The van der Waals surface area contributed by atoms with Gasteiger partial charge in [-0.2, -0.15) is 10.4 Å². The van der Waals surface area contributed by atoms with Crippen molar-refractivity contribution in [2.75, 3.05) is 18.0 Å². The highest BCUT2D eigenvalue weighted by Gasteiger charge is 2.47. The van der Waals surface area contributed by atoms with Gasteiger partial charge < -0.3 is 15.1 Å². The average Bonchev–Trinajstić information content (AvgIpc) is 3.10. The minimum atomic E-state index is -0.855. The van der Waals surface area contributed by atoms with Crippen molar-refractivity contribution < 1.29 is 15.0 Å². The van der Waals surface area contributed by atoms with Gasteiger partial charge in [0.1, 0.15) is 17.6 Å². The van der Waals surface area contributed by atoms with E-state index in [2.05, 4.69) is 21.1 Å². The van der Waals surface area contributed by atoms with Gasteiger partial charge >= 0.3 is 6.09 Å². The number of piperidine rings is 1. The Labute approximate surface area is 159 Å². The molecule has 2 atom stereocenters. The fraction of sp³-hybridized carbons (Fsp3) is 0.263. The van der Waals surface area contributed by atoms with Crippen molar-refractivity contribution >= 4 is 17.4 Å². The maximum atomic E-state index is 11.2. The second-order valence-corrected chi connectivity index (χ2v) is 7.12. The van der Waals surface area contributed by atoms with Gasteiger partial charge in [-0.15, -0.1) is 0 Å². The lowest BCUT2D eigenvalue weighted by Crippen LogP contribution is -2.70. The summed E-state index contributed by atoms with van der Waals surface area (Å²) in [5.41, 5.74) is 2.47. The molecule has 0 aromatic carbocycles. The lowest BCUT2D eigenvalue weighted by atomic mass is 9.88. The van der Waals surface area contributed by atoms with Gasteiger partial charge in [-0.3, -0.25) is 4.90 Å². The predicted molar refractivity (Wildman–Crippen MR) is 99.1 cm³/mol. The van der Waals surface area contributed by atoms with Crippen molar-refractivity contribution in [2.24, 2.45) is 0 Å². The third-order valence-electron chi connectivity index (χ3n) is 5.51. The number of anilines is 1. The zero-order valence-electron chi connectivity index (χ0n) is 14.7. The molecule has 3 fully saturated rings. The van der Waals surface area contributed by atoms with Crippen LogP contribution in [0.15, 0.2) is 36.8 Å². The van der Waals surface area contributed by atoms with Crippen LogP contribution < -0.4 is 4.90 Å². The normalized spacial score (nSPS) is 20.7. The summed E-state index contributed by atoms with van der Waals surface area (Å²) in [4.78, 5) is 19.4. The molecule has 3 saturated heterocycles. The quantitative estimate of drug-likeness (QED) is 0.701. The van der Waals surface area contributed by atoms with Gasteiger partial charge in [-0.05, 0) is 24.6 Å². The van der Waals surface area contributed by atoms with Crippen LogP contribution in [0.4, 0.5) is 10.6 Å². The maximum Gasteiger partial charge on any atom is 0.407 e. The predicted octanol–water partition coefficient (Wildman–Crippen LogP) is 1.91. The van der Waals surface area contributed by atoms with E-state index in [9.17, 15) is 20.3 Å². The maximum absolute atomic E-state index is 11.2. The fourth-order valence-corrected chi connectivity index (χ4v) is 4.25.